The molecule has 0 saturated heterocycles. The first-order chi connectivity index (χ1) is 8.54. The van der Waals surface area contributed by atoms with Crippen molar-refractivity contribution in [3.63, 3.8) is 0 Å². The minimum absolute atomic E-state index is 0.0647. The molecule has 1 unspecified atom stereocenters. The summed E-state index contributed by atoms with van der Waals surface area (Å²) >= 11 is 0. The summed E-state index contributed by atoms with van der Waals surface area (Å²) < 4.78 is 0. The van der Waals surface area contributed by atoms with Gasteiger partial charge in [-0.3, -0.25) is 4.79 Å². The van der Waals surface area contributed by atoms with Gasteiger partial charge in [0.1, 0.15) is 0 Å². The molecule has 0 saturated carbocycles. The summed E-state index contributed by atoms with van der Waals surface area (Å²) in [4.78, 5) is 13.8. The predicted molar refractivity (Wildman–Crippen MR) is 74.0 cm³/mol. The summed E-state index contributed by atoms with van der Waals surface area (Å²) in [6.45, 7) is 2.76. The van der Waals surface area contributed by atoms with Gasteiger partial charge in [-0.05, 0) is 36.6 Å². The molecule has 0 aromatic heterocycles. The van der Waals surface area contributed by atoms with Gasteiger partial charge in [-0.2, -0.15) is 0 Å². The third kappa shape index (κ3) is 4.37. The van der Waals surface area contributed by atoms with Gasteiger partial charge in [0.15, 0.2) is 0 Å². The highest BCUT2D eigenvalue weighted by Gasteiger charge is 2.07. The number of nitrogens with one attached hydrogen (secondary N) is 1. The van der Waals surface area contributed by atoms with Crippen molar-refractivity contribution in [1.82, 2.24) is 5.32 Å². The second-order valence-electron chi connectivity index (χ2n) is 4.77. The van der Waals surface area contributed by atoms with Crippen molar-refractivity contribution in [3.8, 4) is 0 Å². The Morgan fingerprint density at radius 3 is 2.44 bits per heavy atom. The van der Waals surface area contributed by atoms with Crippen molar-refractivity contribution >= 4 is 11.6 Å². The van der Waals surface area contributed by atoms with E-state index in [0.29, 0.717) is 24.4 Å². The molecule has 1 atom stereocenters. The molecule has 18 heavy (non-hydrogen) atoms. The molecule has 0 radical (unpaired) electrons. The third-order valence-electron chi connectivity index (χ3n) is 2.88. The smallest absolute Gasteiger partial charge is 0.251 e. The number of aliphatic hydroxyl groups excluding tert-OH is 1. The van der Waals surface area contributed by atoms with Crippen LogP contribution in [0.15, 0.2) is 24.3 Å². The second kappa shape index (κ2) is 7.01. The first-order valence-electron chi connectivity index (χ1n) is 6.21. The quantitative estimate of drug-likeness (QED) is 0.804. The zero-order valence-electron chi connectivity index (χ0n) is 11.3. The van der Waals surface area contributed by atoms with Gasteiger partial charge < -0.3 is 15.3 Å². The van der Waals surface area contributed by atoms with Gasteiger partial charge in [0.25, 0.3) is 5.91 Å². The van der Waals surface area contributed by atoms with E-state index < -0.39 is 0 Å². The molecule has 0 bridgehead atoms. The molecular weight excluding hydrogens is 228 g/mol. The fourth-order valence-electron chi connectivity index (χ4n) is 1.60. The van der Waals surface area contributed by atoms with E-state index in [1.165, 1.54) is 0 Å². The molecule has 1 amide bonds. The maximum atomic E-state index is 11.8. The van der Waals surface area contributed by atoms with Crippen molar-refractivity contribution in [2.75, 3.05) is 32.1 Å². The van der Waals surface area contributed by atoms with Gasteiger partial charge in [-0.15, -0.1) is 0 Å². The van der Waals surface area contributed by atoms with Crippen LogP contribution in [0.25, 0.3) is 0 Å². The molecule has 1 aromatic carbocycles. The van der Waals surface area contributed by atoms with Crippen LogP contribution in [0.5, 0.6) is 0 Å². The van der Waals surface area contributed by atoms with Crippen LogP contribution in [0.4, 0.5) is 5.69 Å². The molecule has 0 aliphatic carbocycles. The lowest BCUT2D eigenvalue weighted by molar-refractivity contribution is 0.0945. The largest absolute Gasteiger partial charge is 0.396 e. The van der Waals surface area contributed by atoms with Crippen LogP contribution in [0.3, 0.4) is 0 Å². The Bertz CT molecular complexity index is 374. The number of carbonyl (C=O) groups is 1. The van der Waals surface area contributed by atoms with Crippen LogP contribution in [0.2, 0.25) is 0 Å². The molecule has 4 heteroatoms. The molecule has 0 aliphatic rings. The molecule has 2 N–H and O–H groups in total. The number of amides is 1. The van der Waals surface area contributed by atoms with E-state index in [-0.39, 0.29) is 12.5 Å². The van der Waals surface area contributed by atoms with Crippen LogP contribution in [-0.4, -0.2) is 38.3 Å². The highest BCUT2D eigenvalue weighted by molar-refractivity contribution is 5.94. The van der Waals surface area contributed by atoms with Crippen molar-refractivity contribution < 1.29 is 9.90 Å². The summed E-state index contributed by atoms with van der Waals surface area (Å²) in [7, 11) is 3.93. The lowest BCUT2D eigenvalue weighted by atomic mass is 10.1. The first kappa shape index (κ1) is 14.5. The van der Waals surface area contributed by atoms with Crippen LogP contribution in [-0.2, 0) is 0 Å². The maximum Gasteiger partial charge on any atom is 0.251 e. The van der Waals surface area contributed by atoms with Crippen molar-refractivity contribution in [2.24, 2.45) is 5.92 Å². The average Bonchev–Trinajstić information content (AvgIpc) is 2.36. The summed E-state index contributed by atoms with van der Waals surface area (Å²) in [5.41, 5.74) is 1.73. The summed E-state index contributed by atoms with van der Waals surface area (Å²) in [6.07, 6.45) is 0.708. The number of rotatable bonds is 6. The molecular formula is C14H22N2O2. The molecule has 100 valence electrons. The van der Waals surface area contributed by atoms with Gasteiger partial charge in [0.2, 0.25) is 0 Å². The summed E-state index contributed by atoms with van der Waals surface area (Å²) in [5.74, 6) is 0.227. The van der Waals surface area contributed by atoms with E-state index in [2.05, 4.69) is 5.32 Å². The van der Waals surface area contributed by atoms with E-state index in [9.17, 15) is 4.79 Å². The molecule has 0 aliphatic heterocycles. The van der Waals surface area contributed by atoms with Crippen molar-refractivity contribution in [2.45, 2.75) is 13.3 Å². The van der Waals surface area contributed by atoms with E-state index in [1.807, 2.05) is 50.2 Å². The van der Waals surface area contributed by atoms with Gasteiger partial charge in [0.05, 0.1) is 0 Å². The summed E-state index contributed by atoms with van der Waals surface area (Å²) in [6, 6.07) is 7.49. The van der Waals surface area contributed by atoms with Crippen LogP contribution in [0, 0.1) is 5.92 Å². The van der Waals surface area contributed by atoms with Gasteiger partial charge in [0, 0.05) is 38.5 Å². The fraction of sp³-hybridized carbons (Fsp3) is 0.500. The number of anilines is 1. The third-order valence-corrected chi connectivity index (χ3v) is 2.88. The SMILES string of the molecule is CC(CCO)CNC(=O)c1ccc(N(C)C)cc1. The number of carbonyl (C=O) groups excluding carboxylic acids is 1. The predicted octanol–water partition coefficient (Wildman–Crippen LogP) is 1.50. The Labute approximate surface area is 109 Å². The Morgan fingerprint density at radius 1 is 1.33 bits per heavy atom. The van der Waals surface area contributed by atoms with Gasteiger partial charge >= 0.3 is 0 Å². The lowest BCUT2D eigenvalue weighted by Gasteiger charge is -2.13. The minimum atomic E-state index is -0.0647. The molecule has 0 fully saturated rings. The van der Waals surface area contributed by atoms with E-state index >= 15 is 0 Å². The topological polar surface area (TPSA) is 52.6 Å². The number of nitrogens with zero attached hydrogens (tertiary/aromatic N) is 1. The first-order valence-corrected chi connectivity index (χ1v) is 6.21. The van der Waals surface area contributed by atoms with Gasteiger partial charge in [-0.1, -0.05) is 6.92 Å². The van der Waals surface area contributed by atoms with Gasteiger partial charge in [-0.25, -0.2) is 0 Å². The molecule has 1 rings (SSSR count). The van der Waals surface area contributed by atoms with Crippen molar-refractivity contribution in [3.05, 3.63) is 29.8 Å². The Hall–Kier alpha value is -1.55. The zero-order chi connectivity index (χ0) is 13.5. The lowest BCUT2D eigenvalue weighted by Crippen LogP contribution is -2.28. The van der Waals surface area contributed by atoms with Crippen LogP contribution < -0.4 is 10.2 Å². The average molecular weight is 250 g/mol. The van der Waals surface area contributed by atoms with Crippen LogP contribution in [0.1, 0.15) is 23.7 Å². The van der Waals surface area contributed by atoms with Crippen molar-refractivity contribution in [1.29, 1.82) is 0 Å². The fourth-order valence-corrected chi connectivity index (χ4v) is 1.60. The molecule has 4 nitrogen and oxygen atoms in total. The normalized spacial score (nSPS) is 12.0. The monoisotopic (exact) mass is 250 g/mol. The Balaban J connectivity index is 2.51. The maximum absolute atomic E-state index is 11.8. The van der Waals surface area contributed by atoms with E-state index in [0.717, 1.165) is 5.69 Å². The van der Waals surface area contributed by atoms with E-state index in [4.69, 9.17) is 5.11 Å². The standard InChI is InChI=1S/C14H22N2O2/c1-11(8-9-17)10-15-14(18)12-4-6-13(7-5-12)16(2)3/h4-7,11,17H,8-10H2,1-3H3,(H,15,18). The molecule has 0 heterocycles. The summed E-state index contributed by atoms with van der Waals surface area (Å²) in [5, 5.41) is 11.7. The Morgan fingerprint density at radius 2 is 1.94 bits per heavy atom. The number of aliphatic hydroxyl groups is 1. The highest BCUT2D eigenvalue weighted by atomic mass is 16.3. The number of hydrogen-bond donors (Lipinski definition) is 2. The number of benzene rings is 1. The molecule has 1 aromatic rings. The van der Waals surface area contributed by atoms with Crippen LogP contribution >= 0.6 is 0 Å². The minimum Gasteiger partial charge on any atom is -0.396 e. The number of hydrogen-bond acceptors (Lipinski definition) is 3. The van der Waals surface area contributed by atoms with E-state index in [1.54, 1.807) is 0 Å². The second-order valence-corrected chi connectivity index (χ2v) is 4.77. The highest BCUT2D eigenvalue weighted by Crippen LogP contribution is 2.12. The Kier molecular flexibility index (Phi) is 5.65. The zero-order valence-corrected chi connectivity index (χ0v) is 11.3. The molecule has 0 spiro atoms.